The van der Waals surface area contributed by atoms with Crippen LogP contribution in [0.5, 0.6) is 0 Å². The van der Waals surface area contributed by atoms with Crippen LogP contribution in [0.4, 0.5) is 10.5 Å². The molecule has 4 N–H and O–H groups in total. The number of primary amides is 1. The number of piperidine rings is 1. The summed E-state index contributed by atoms with van der Waals surface area (Å²) in [6, 6.07) is 10.2. The molecule has 21 heavy (non-hydrogen) atoms. The molecule has 1 aliphatic rings. The topological polar surface area (TPSA) is 87.0 Å². The third-order valence-electron chi connectivity index (χ3n) is 3.85. The van der Waals surface area contributed by atoms with Crippen LogP contribution in [0.25, 0.3) is 11.3 Å². The predicted molar refractivity (Wildman–Crippen MR) is 81.8 cm³/mol. The highest BCUT2D eigenvalue weighted by molar-refractivity contribution is 5.72. The predicted octanol–water partition coefficient (Wildman–Crippen LogP) is 2.03. The van der Waals surface area contributed by atoms with Gasteiger partial charge in [-0.15, -0.1) is 0 Å². The average molecular weight is 285 g/mol. The van der Waals surface area contributed by atoms with Crippen LogP contribution in [-0.4, -0.2) is 40.3 Å². The van der Waals surface area contributed by atoms with Gasteiger partial charge in [0.1, 0.15) is 0 Å². The molecule has 0 atom stereocenters. The molecule has 110 valence electrons. The first-order chi connectivity index (χ1) is 10.2. The van der Waals surface area contributed by atoms with Crippen molar-refractivity contribution in [2.45, 2.75) is 18.9 Å². The lowest BCUT2D eigenvalue weighted by Crippen LogP contribution is -2.44. The Morgan fingerprint density at radius 2 is 2.14 bits per heavy atom. The van der Waals surface area contributed by atoms with Gasteiger partial charge >= 0.3 is 6.03 Å². The molecule has 0 aliphatic carbocycles. The average Bonchev–Trinajstić information content (AvgIpc) is 3.02. The number of hydrogen-bond acceptors (Lipinski definition) is 3. The molecule has 0 bridgehead atoms. The van der Waals surface area contributed by atoms with Crippen LogP contribution in [-0.2, 0) is 0 Å². The van der Waals surface area contributed by atoms with Gasteiger partial charge in [-0.25, -0.2) is 4.79 Å². The maximum atomic E-state index is 11.1. The Hall–Kier alpha value is -2.50. The summed E-state index contributed by atoms with van der Waals surface area (Å²) in [5.74, 6) is 0. The molecule has 1 saturated heterocycles. The lowest BCUT2D eigenvalue weighted by atomic mass is 10.0. The molecular weight excluding hydrogens is 266 g/mol. The molecule has 0 spiro atoms. The molecule has 1 aliphatic heterocycles. The molecule has 1 aromatic heterocycles. The molecule has 0 saturated carbocycles. The summed E-state index contributed by atoms with van der Waals surface area (Å²) in [6.45, 7) is 1.43. The Balaban J connectivity index is 1.64. The SMILES string of the molecule is NC(=O)N1CCC(Nc2cccc(-c3ccn[nH]3)c2)CC1. The van der Waals surface area contributed by atoms with Gasteiger partial charge in [-0.2, -0.15) is 5.10 Å². The number of anilines is 1. The van der Waals surface area contributed by atoms with Gasteiger partial charge in [-0.05, 0) is 31.0 Å². The van der Waals surface area contributed by atoms with Gasteiger partial charge in [0, 0.05) is 36.6 Å². The lowest BCUT2D eigenvalue weighted by molar-refractivity contribution is 0.193. The van der Waals surface area contributed by atoms with Crippen molar-refractivity contribution in [2.24, 2.45) is 5.73 Å². The molecule has 3 rings (SSSR count). The monoisotopic (exact) mass is 285 g/mol. The van der Waals surface area contributed by atoms with E-state index in [1.54, 1.807) is 11.1 Å². The minimum Gasteiger partial charge on any atom is -0.382 e. The molecule has 2 heterocycles. The molecule has 6 nitrogen and oxygen atoms in total. The summed E-state index contributed by atoms with van der Waals surface area (Å²) in [5, 5.41) is 10.5. The van der Waals surface area contributed by atoms with Gasteiger partial charge in [-0.3, -0.25) is 5.10 Å². The van der Waals surface area contributed by atoms with Crippen molar-refractivity contribution in [2.75, 3.05) is 18.4 Å². The van der Waals surface area contributed by atoms with E-state index in [0.29, 0.717) is 19.1 Å². The number of nitrogens with two attached hydrogens (primary N) is 1. The number of nitrogens with one attached hydrogen (secondary N) is 2. The van der Waals surface area contributed by atoms with Crippen LogP contribution in [0.2, 0.25) is 0 Å². The minimum atomic E-state index is -0.324. The van der Waals surface area contributed by atoms with E-state index in [1.165, 1.54) is 0 Å². The zero-order valence-corrected chi connectivity index (χ0v) is 11.7. The second-order valence-electron chi connectivity index (χ2n) is 5.30. The second kappa shape index (κ2) is 5.87. The van der Waals surface area contributed by atoms with Gasteiger partial charge in [-0.1, -0.05) is 12.1 Å². The van der Waals surface area contributed by atoms with Crippen molar-refractivity contribution in [1.29, 1.82) is 0 Å². The van der Waals surface area contributed by atoms with Crippen molar-refractivity contribution >= 4 is 11.7 Å². The number of carbonyl (C=O) groups is 1. The maximum Gasteiger partial charge on any atom is 0.314 e. The number of H-pyrrole nitrogens is 1. The first-order valence-electron chi connectivity index (χ1n) is 7.13. The molecule has 0 unspecified atom stereocenters. The number of hydrogen-bond donors (Lipinski definition) is 3. The summed E-state index contributed by atoms with van der Waals surface area (Å²) in [6.07, 6.45) is 3.57. The second-order valence-corrected chi connectivity index (χ2v) is 5.30. The number of likely N-dealkylation sites (tertiary alicyclic amines) is 1. The van der Waals surface area contributed by atoms with Crippen molar-refractivity contribution < 1.29 is 4.79 Å². The van der Waals surface area contributed by atoms with Gasteiger partial charge in [0.25, 0.3) is 0 Å². The lowest BCUT2D eigenvalue weighted by Gasteiger charge is -2.31. The molecule has 1 aromatic carbocycles. The summed E-state index contributed by atoms with van der Waals surface area (Å²) in [4.78, 5) is 12.8. The normalized spacial score (nSPS) is 15.9. The molecule has 2 aromatic rings. The van der Waals surface area contributed by atoms with Gasteiger partial charge in [0.2, 0.25) is 0 Å². The highest BCUT2D eigenvalue weighted by atomic mass is 16.2. The van der Waals surface area contributed by atoms with Crippen LogP contribution in [0, 0.1) is 0 Å². The highest BCUT2D eigenvalue weighted by Gasteiger charge is 2.20. The van der Waals surface area contributed by atoms with Gasteiger partial charge < -0.3 is 16.0 Å². The summed E-state index contributed by atoms with van der Waals surface area (Å²) in [5.41, 5.74) is 8.49. The van der Waals surface area contributed by atoms with E-state index in [1.807, 2.05) is 18.2 Å². The van der Waals surface area contributed by atoms with E-state index in [0.717, 1.165) is 29.8 Å². The van der Waals surface area contributed by atoms with Crippen LogP contribution in [0.15, 0.2) is 36.5 Å². The number of aromatic nitrogens is 2. The van der Waals surface area contributed by atoms with E-state index in [9.17, 15) is 4.79 Å². The van der Waals surface area contributed by atoms with Gasteiger partial charge in [0.15, 0.2) is 0 Å². The Kier molecular flexibility index (Phi) is 3.77. The standard InChI is InChI=1S/C15H19N5O/c16-15(21)20-8-5-12(6-9-20)18-13-3-1-2-11(10-13)14-4-7-17-19-14/h1-4,7,10,12,18H,5-6,8-9H2,(H2,16,21)(H,17,19). The first kappa shape index (κ1) is 13.5. The van der Waals surface area contributed by atoms with Crippen LogP contribution in [0.3, 0.4) is 0 Å². The maximum absolute atomic E-state index is 11.1. The number of aromatic amines is 1. The Bertz CT molecular complexity index is 602. The van der Waals surface area contributed by atoms with E-state index in [-0.39, 0.29) is 6.03 Å². The molecule has 0 radical (unpaired) electrons. The fraction of sp³-hybridized carbons (Fsp3) is 0.333. The molecule has 6 heteroatoms. The summed E-state index contributed by atoms with van der Waals surface area (Å²) in [7, 11) is 0. The van der Waals surface area contributed by atoms with E-state index in [4.69, 9.17) is 5.73 Å². The third-order valence-corrected chi connectivity index (χ3v) is 3.85. The van der Waals surface area contributed by atoms with Crippen molar-refractivity contribution in [1.82, 2.24) is 15.1 Å². The molecular formula is C15H19N5O. The Morgan fingerprint density at radius 1 is 1.33 bits per heavy atom. The first-order valence-corrected chi connectivity index (χ1v) is 7.13. The Labute approximate surface area is 123 Å². The number of carbonyl (C=O) groups excluding carboxylic acids is 1. The van der Waals surface area contributed by atoms with E-state index < -0.39 is 0 Å². The summed E-state index contributed by atoms with van der Waals surface area (Å²) >= 11 is 0. The number of amides is 2. The third kappa shape index (κ3) is 3.16. The number of nitrogens with zero attached hydrogens (tertiary/aromatic N) is 2. The highest BCUT2D eigenvalue weighted by Crippen LogP contribution is 2.22. The van der Waals surface area contributed by atoms with Crippen molar-refractivity contribution in [3.8, 4) is 11.3 Å². The van der Waals surface area contributed by atoms with Crippen molar-refractivity contribution in [3.63, 3.8) is 0 Å². The minimum absolute atomic E-state index is 0.324. The smallest absolute Gasteiger partial charge is 0.314 e. The van der Waals surface area contributed by atoms with Gasteiger partial charge in [0.05, 0.1) is 5.69 Å². The fourth-order valence-electron chi connectivity index (χ4n) is 2.67. The Morgan fingerprint density at radius 3 is 2.81 bits per heavy atom. The van der Waals surface area contributed by atoms with Crippen LogP contribution < -0.4 is 11.1 Å². The zero-order chi connectivity index (χ0) is 14.7. The van der Waals surface area contributed by atoms with E-state index in [2.05, 4.69) is 27.6 Å². The number of benzene rings is 1. The van der Waals surface area contributed by atoms with Crippen LogP contribution in [0.1, 0.15) is 12.8 Å². The zero-order valence-electron chi connectivity index (χ0n) is 11.7. The van der Waals surface area contributed by atoms with Crippen LogP contribution >= 0.6 is 0 Å². The molecule has 2 amide bonds. The fourth-order valence-corrected chi connectivity index (χ4v) is 2.67. The number of rotatable bonds is 3. The molecule has 1 fully saturated rings. The number of urea groups is 1. The largest absolute Gasteiger partial charge is 0.382 e. The quantitative estimate of drug-likeness (QED) is 0.806. The summed E-state index contributed by atoms with van der Waals surface area (Å²) < 4.78 is 0. The van der Waals surface area contributed by atoms with E-state index >= 15 is 0 Å². The van der Waals surface area contributed by atoms with Crippen molar-refractivity contribution in [3.05, 3.63) is 36.5 Å².